The molecule has 3 nitrogen and oxygen atoms in total. The Morgan fingerprint density at radius 2 is 2.45 bits per heavy atom. The van der Waals surface area contributed by atoms with Gasteiger partial charge < -0.3 is 10.5 Å². The molecule has 0 fully saturated rings. The molecule has 0 unspecified atom stereocenters. The third-order valence-corrected chi connectivity index (χ3v) is 1.40. The summed E-state index contributed by atoms with van der Waals surface area (Å²) in [6.45, 7) is 1.10. The van der Waals surface area contributed by atoms with E-state index in [0.29, 0.717) is 13.2 Å². The zero-order valence-corrected chi connectivity index (χ0v) is 6.58. The molecule has 0 saturated carbocycles. The zero-order valence-electron chi connectivity index (χ0n) is 6.58. The van der Waals surface area contributed by atoms with Gasteiger partial charge in [0.15, 0.2) is 0 Å². The Hall–Kier alpha value is -0.930. The number of pyridine rings is 1. The summed E-state index contributed by atoms with van der Waals surface area (Å²) < 4.78 is 4.96. The van der Waals surface area contributed by atoms with E-state index in [1.807, 2.05) is 12.1 Å². The molecule has 1 aromatic heterocycles. The first kappa shape index (κ1) is 8.17. The van der Waals surface area contributed by atoms with Crippen molar-refractivity contribution < 1.29 is 4.74 Å². The second-order valence-electron chi connectivity index (χ2n) is 2.29. The molecule has 11 heavy (non-hydrogen) atoms. The second-order valence-corrected chi connectivity index (χ2v) is 2.29. The maximum Gasteiger partial charge on any atom is 0.0714 e. The summed E-state index contributed by atoms with van der Waals surface area (Å²) in [6, 6.07) is 3.87. The van der Waals surface area contributed by atoms with E-state index in [-0.39, 0.29) is 0 Å². The molecule has 0 amide bonds. The van der Waals surface area contributed by atoms with Crippen molar-refractivity contribution in [2.45, 2.75) is 13.2 Å². The summed E-state index contributed by atoms with van der Waals surface area (Å²) in [6.07, 6.45) is 1.75. The fourth-order valence-electron chi connectivity index (χ4n) is 0.896. The number of nitrogens with two attached hydrogens (primary N) is 1. The van der Waals surface area contributed by atoms with Crippen LogP contribution in [0.25, 0.3) is 0 Å². The molecule has 0 radical (unpaired) electrons. The van der Waals surface area contributed by atoms with E-state index in [1.165, 1.54) is 0 Å². The Kier molecular flexibility index (Phi) is 3.01. The van der Waals surface area contributed by atoms with Gasteiger partial charge >= 0.3 is 0 Å². The first-order valence-corrected chi connectivity index (χ1v) is 3.49. The zero-order chi connectivity index (χ0) is 8.10. The maximum absolute atomic E-state index is 5.41. The van der Waals surface area contributed by atoms with Crippen molar-refractivity contribution in [2.24, 2.45) is 5.73 Å². The van der Waals surface area contributed by atoms with Gasteiger partial charge in [0.25, 0.3) is 0 Å². The lowest BCUT2D eigenvalue weighted by molar-refractivity contribution is 0.184. The van der Waals surface area contributed by atoms with E-state index in [1.54, 1.807) is 13.3 Å². The fourth-order valence-corrected chi connectivity index (χ4v) is 0.896. The van der Waals surface area contributed by atoms with Gasteiger partial charge in [0.05, 0.1) is 12.3 Å². The summed E-state index contributed by atoms with van der Waals surface area (Å²) in [7, 11) is 1.67. The largest absolute Gasteiger partial charge is 0.380 e. The predicted octanol–water partition coefficient (Wildman–Crippen LogP) is 0.687. The summed E-state index contributed by atoms with van der Waals surface area (Å²) in [5.74, 6) is 0. The van der Waals surface area contributed by atoms with E-state index in [4.69, 9.17) is 10.5 Å². The van der Waals surface area contributed by atoms with Gasteiger partial charge in [0.1, 0.15) is 0 Å². The number of hydrogen-bond donors (Lipinski definition) is 1. The molecule has 0 aromatic carbocycles. The van der Waals surface area contributed by atoms with Crippen LogP contribution < -0.4 is 5.73 Å². The van der Waals surface area contributed by atoms with Crippen LogP contribution in [0.15, 0.2) is 18.3 Å². The maximum atomic E-state index is 5.41. The Balaban J connectivity index is 2.74. The van der Waals surface area contributed by atoms with Crippen LogP contribution in [-0.2, 0) is 17.9 Å². The molecule has 0 aliphatic heterocycles. The summed E-state index contributed by atoms with van der Waals surface area (Å²) in [4.78, 5) is 4.06. The highest BCUT2D eigenvalue weighted by atomic mass is 16.5. The highest BCUT2D eigenvalue weighted by Gasteiger charge is 1.93. The molecule has 0 atom stereocenters. The standard InChI is InChI=1S/C8H12N2O/c1-11-6-7-2-3-10-8(4-7)5-9/h2-4H,5-6,9H2,1H3. The molecule has 60 valence electrons. The van der Waals surface area contributed by atoms with Crippen LogP contribution in [0, 0.1) is 0 Å². The molecule has 0 bridgehead atoms. The molecule has 0 saturated heterocycles. The van der Waals surface area contributed by atoms with Gasteiger partial charge in [-0.15, -0.1) is 0 Å². The first-order valence-electron chi connectivity index (χ1n) is 3.49. The molecule has 1 rings (SSSR count). The minimum absolute atomic E-state index is 0.484. The topological polar surface area (TPSA) is 48.1 Å². The third-order valence-electron chi connectivity index (χ3n) is 1.40. The van der Waals surface area contributed by atoms with Crippen LogP contribution in [-0.4, -0.2) is 12.1 Å². The molecule has 0 aliphatic rings. The molecular formula is C8H12N2O. The van der Waals surface area contributed by atoms with Crippen LogP contribution in [0.3, 0.4) is 0 Å². The molecule has 1 heterocycles. The minimum Gasteiger partial charge on any atom is -0.380 e. The number of rotatable bonds is 3. The Morgan fingerprint density at radius 3 is 3.09 bits per heavy atom. The van der Waals surface area contributed by atoms with Crippen LogP contribution in [0.1, 0.15) is 11.3 Å². The molecule has 1 aromatic rings. The van der Waals surface area contributed by atoms with E-state index in [9.17, 15) is 0 Å². The lowest BCUT2D eigenvalue weighted by Gasteiger charge is -2.00. The summed E-state index contributed by atoms with van der Waals surface area (Å²) in [5, 5.41) is 0. The normalized spacial score (nSPS) is 10.0. The molecule has 2 N–H and O–H groups in total. The van der Waals surface area contributed by atoms with Crippen LogP contribution in [0.5, 0.6) is 0 Å². The fraction of sp³-hybridized carbons (Fsp3) is 0.375. The van der Waals surface area contributed by atoms with Crippen molar-refractivity contribution in [2.75, 3.05) is 7.11 Å². The average Bonchev–Trinajstić information content (AvgIpc) is 2.06. The Bertz CT molecular complexity index is 225. The minimum atomic E-state index is 0.484. The number of hydrogen-bond acceptors (Lipinski definition) is 3. The number of ether oxygens (including phenoxy) is 1. The lowest BCUT2D eigenvalue weighted by Crippen LogP contribution is -2.00. The molecule has 0 spiro atoms. The summed E-state index contributed by atoms with van der Waals surface area (Å²) >= 11 is 0. The molecule has 0 aliphatic carbocycles. The monoisotopic (exact) mass is 152 g/mol. The van der Waals surface area contributed by atoms with Gasteiger partial charge in [-0.1, -0.05) is 0 Å². The average molecular weight is 152 g/mol. The second kappa shape index (κ2) is 4.05. The van der Waals surface area contributed by atoms with Crippen molar-refractivity contribution in [3.8, 4) is 0 Å². The van der Waals surface area contributed by atoms with E-state index >= 15 is 0 Å². The first-order chi connectivity index (χ1) is 5.36. The number of methoxy groups -OCH3 is 1. The van der Waals surface area contributed by atoms with Crippen molar-refractivity contribution in [3.05, 3.63) is 29.6 Å². The van der Waals surface area contributed by atoms with Crippen LogP contribution in [0.2, 0.25) is 0 Å². The molecule has 3 heteroatoms. The van der Waals surface area contributed by atoms with Crippen LogP contribution in [0.4, 0.5) is 0 Å². The van der Waals surface area contributed by atoms with Crippen molar-refractivity contribution in [1.82, 2.24) is 4.98 Å². The van der Waals surface area contributed by atoms with Crippen molar-refractivity contribution in [3.63, 3.8) is 0 Å². The predicted molar refractivity (Wildman–Crippen MR) is 42.8 cm³/mol. The van der Waals surface area contributed by atoms with E-state index < -0.39 is 0 Å². The highest BCUT2D eigenvalue weighted by Crippen LogP contribution is 2.01. The van der Waals surface area contributed by atoms with Gasteiger partial charge in [-0.3, -0.25) is 4.98 Å². The number of aromatic nitrogens is 1. The van der Waals surface area contributed by atoms with Crippen LogP contribution >= 0.6 is 0 Å². The van der Waals surface area contributed by atoms with Crippen molar-refractivity contribution >= 4 is 0 Å². The lowest BCUT2D eigenvalue weighted by atomic mass is 10.2. The quantitative estimate of drug-likeness (QED) is 0.693. The number of nitrogens with zero attached hydrogens (tertiary/aromatic N) is 1. The van der Waals surface area contributed by atoms with Crippen molar-refractivity contribution in [1.29, 1.82) is 0 Å². The third kappa shape index (κ3) is 2.29. The summed E-state index contributed by atoms with van der Waals surface area (Å²) in [5.41, 5.74) is 7.43. The molecular weight excluding hydrogens is 140 g/mol. The van der Waals surface area contributed by atoms with E-state index in [2.05, 4.69) is 4.98 Å². The van der Waals surface area contributed by atoms with Gasteiger partial charge in [-0.05, 0) is 17.7 Å². The van der Waals surface area contributed by atoms with E-state index in [0.717, 1.165) is 11.3 Å². The van der Waals surface area contributed by atoms with Gasteiger partial charge in [-0.2, -0.15) is 0 Å². The SMILES string of the molecule is COCc1ccnc(CN)c1. The smallest absolute Gasteiger partial charge is 0.0714 e. The highest BCUT2D eigenvalue weighted by molar-refractivity contribution is 5.15. The van der Waals surface area contributed by atoms with Gasteiger partial charge in [0.2, 0.25) is 0 Å². The van der Waals surface area contributed by atoms with Gasteiger partial charge in [-0.25, -0.2) is 0 Å². The Labute approximate surface area is 66.2 Å². The Morgan fingerprint density at radius 1 is 1.64 bits per heavy atom. The van der Waals surface area contributed by atoms with Gasteiger partial charge in [0, 0.05) is 19.9 Å².